The highest BCUT2D eigenvalue weighted by molar-refractivity contribution is 6.33. The average Bonchev–Trinajstić information content (AvgIpc) is 2.14. The van der Waals surface area contributed by atoms with Crippen molar-refractivity contribution in [1.82, 2.24) is 4.98 Å². The fourth-order valence-corrected chi connectivity index (χ4v) is 1.94. The summed E-state index contributed by atoms with van der Waals surface area (Å²) in [7, 11) is 0. The van der Waals surface area contributed by atoms with Gasteiger partial charge in [-0.25, -0.2) is 4.98 Å². The molecule has 5 heteroatoms. The quantitative estimate of drug-likeness (QED) is 0.777. The molecule has 0 aliphatic carbocycles. The van der Waals surface area contributed by atoms with Crippen molar-refractivity contribution in [2.45, 2.75) is 12.5 Å². The minimum Gasteiger partial charge on any atom is -0.386 e. The summed E-state index contributed by atoms with van der Waals surface area (Å²) in [4.78, 5) is 5.98. The van der Waals surface area contributed by atoms with Gasteiger partial charge in [-0.2, -0.15) is 5.26 Å². The molecule has 1 saturated heterocycles. The van der Waals surface area contributed by atoms with Gasteiger partial charge in [-0.05, 0) is 13.0 Å². The van der Waals surface area contributed by atoms with Gasteiger partial charge in [-0.3, -0.25) is 0 Å². The van der Waals surface area contributed by atoms with Crippen molar-refractivity contribution < 1.29 is 5.11 Å². The molecule has 4 nitrogen and oxygen atoms in total. The van der Waals surface area contributed by atoms with E-state index in [1.54, 1.807) is 13.0 Å². The molecule has 0 bridgehead atoms. The highest BCUT2D eigenvalue weighted by Crippen LogP contribution is 2.31. The number of aliphatic hydroxyl groups is 1. The lowest BCUT2D eigenvalue weighted by Crippen LogP contribution is -2.60. The van der Waals surface area contributed by atoms with Crippen molar-refractivity contribution in [3.05, 3.63) is 22.8 Å². The van der Waals surface area contributed by atoms with Crippen molar-refractivity contribution in [2.24, 2.45) is 0 Å². The summed E-state index contributed by atoms with van der Waals surface area (Å²) >= 11 is 5.97. The van der Waals surface area contributed by atoms with Crippen molar-refractivity contribution in [1.29, 1.82) is 5.26 Å². The molecule has 0 atom stereocenters. The predicted octanol–water partition coefficient (Wildman–Crippen LogP) is 1.18. The minimum absolute atomic E-state index is 0.441. The van der Waals surface area contributed by atoms with Crippen molar-refractivity contribution in [3.8, 4) is 6.07 Å². The van der Waals surface area contributed by atoms with Gasteiger partial charge in [0.2, 0.25) is 0 Å². The summed E-state index contributed by atoms with van der Waals surface area (Å²) in [6.07, 6.45) is 1.48. The number of β-amino-alcohol motifs (C(OH)–C–C–N with tert-alkyl or cyclic N) is 1. The molecule has 1 aromatic rings. The molecule has 2 rings (SSSR count). The number of nitriles is 1. The number of hydrogen-bond acceptors (Lipinski definition) is 4. The van der Waals surface area contributed by atoms with Gasteiger partial charge in [-0.15, -0.1) is 0 Å². The van der Waals surface area contributed by atoms with E-state index in [2.05, 4.69) is 4.98 Å². The summed E-state index contributed by atoms with van der Waals surface area (Å²) in [6.45, 7) is 2.80. The first-order valence-corrected chi connectivity index (χ1v) is 4.93. The third kappa shape index (κ3) is 1.89. The number of anilines is 1. The van der Waals surface area contributed by atoms with Gasteiger partial charge in [0.15, 0.2) is 0 Å². The molecule has 0 spiro atoms. The molecule has 15 heavy (non-hydrogen) atoms. The molecular formula is C10H10ClN3O. The van der Waals surface area contributed by atoms with Crippen molar-refractivity contribution in [3.63, 3.8) is 0 Å². The number of halogens is 1. The number of pyridine rings is 1. The first kappa shape index (κ1) is 10.2. The molecule has 1 aliphatic heterocycles. The molecule has 0 amide bonds. The average molecular weight is 224 g/mol. The monoisotopic (exact) mass is 223 g/mol. The third-order valence-electron chi connectivity index (χ3n) is 2.31. The normalized spacial score (nSPS) is 18.1. The van der Waals surface area contributed by atoms with Gasteiger partial charge < -0.3 is 10.0 Å². The SMILES string of the molecule is CC1(O)CN(c2ncc(C#N)cc2Cl)C1. The van der Waals surface area contributed by atoms with E-state index < -0.39 is 5.60 Å². The third-order valence-corrected chi connectivity index (χ3v) is 2.59. The maximum Gasteiger partial charge on any atom is 0.147 e. The Labute approximate surface area is 92.7 Å². The van der Waals surface area contributed by atoms with E-state index in [-0.39, 0.29) is 0 Å². The summed E-state index contributed by atoms with van der Waals surface area (Å²) in [5.41, 5.74) is -0.213. The molecule has 1 aliphatic rings. The maximum atomic E-state index is 9.57. The van der Waals surface area contributed by atoms with E-state index in [1.165, 1.54) is 6.20 Å². The van der Waals surface area contributed by atoms with Gasteiger partial charge in [-0.1, -0.05) is 11.6 Å². The molecular weight excluding hydrogens is 214 g/mol. The molecule has 0 radical (unpaired) electrons. The molecule has 1 aromatic heterocycles. The van der Waals surface area contributed by atoms with Gasteiger partial charge in [0.25, 0.3) is 0 Å². The Kier molecular flexibility index (Phi) is 2.29. The fraction of sp³-hybridized carbons (Fsp3) is 0.400. The van der Waals surface area contributed by atoms with Crippen LogP contribution in [0.15, 0.2) is 12.3 Å². The second-order valence-corrected chi connectivity index (χ2v) is 4.40. The largest absolute Gasteiger partial charge is 0.386 e. The standard InChI is InChI=1S/C10H10ClN3O/c1-10(15)5-14(6-10)9-8(11)2-7(3-12)4-13-9/h2,4,15H,5-6H2,1H3. The van der Waals surface area contributed by atoms with Crippen LogP contribution in [0.4, 0.5) is 5.82 Å². The topological polar surface area (TPSA) is 60.1 Å². The van der Waals surface area contributed by atoms with Gasteiger partial charge >= 0.3 is 0 Å². The lowest BCUT2D eigenvalue weighted by Gasteiger charge is -2.45. The highest BCUT2D eigenvalue weighted by atomic mass is 35.5. The van der Waals surface area contributed by atoms with Crippen LogP contribution < -0.4 is 4.90 Å². The Bertz CT molecular complexity index is 431. The van der Waals surface area contributed by atoms with Crippen LogP contribution in [-0.4, -0.2) is 28.8 Å². The second-order valence-electron chi connectivity index (χ2n) is 3.99. The smallest absolute Gasteiger partial charge is 0.147 e. The van der Waals surface area contributed by atoms with Gasteiger partial charge in [0, 0.05) is 19.3 Å². The Morgan fingerprint density at radius 2 is 2.33 bits per heavy atom. The van der Waals surface area contributed by atoms with E-state index in [0.717, 1.165) is 0 Å². The zero-order valence-electron chi connectivity index (χ0n) is 8.24. The minimum atomic E-state index is -0.654. The molecule has 78 valence electrons. The molecule has 2 heterocycles. The lowest BCUT2D eigenvalue weighted by molar-refractivity contribution is 0.0305. The van der Waals surface area contributed by atoms with Crippen LogP contribution in [0.2, 0.25) is 5.02 Å². The van der Waals surface area contributed by atoms with Crippen LogP contribution in [-0.2, 0) is 0 Å². The molecule has 0 aromatic carbocycles. The Morgan fingerprint density at radius 3 is 2.80 bits per heavy atom. The summed E-state index contributed by atoms with van der Waals surface area (Å²) in [5, 5.41) is 18.7. The van der Waals surface area contributed by atoms with Crippen LogP contribution in [0, 0.1) is 11.3 Å². The molecule has 0 saturated carbocycles. The van der Waals surface area contributed by atoms with Gasteiger partial charge in [0.1, 0.15) is 11.9 Å². The fourth-order valence-electron chi connectivity index (χ4n) is 1.65. The van der Waals surface area contributed by atoms with Crippen molar-refractivity contribution >= 4 is 17.4 Å². The van der Waals surface area contributed by atoms with E-state index in [1.807, 2.05) is 11.0 Å². The summed E-state index contributed by atoms with van der Waals surface area (Å²) in [6, 6.07) is 3.55. The first-order chi connectivity index (χ1) is 7.02. The zero-order chi connectivity index (χ0) is 11.1. The second kappa shape index (κ2) is 3.37. The summed E-state index contributed by atoms with van der Waals surface area (Å²) in [5.74, 6) is 0.627. The molecule has 0 unspecified atom stereocenters. The highest BCUT2D eigenvalue weighted by Gasteiger charge is 2.38. The number of hydrogen-bond donors (Lipinski definition) is 1. The maximum absolute atomic E-state index is 9.57. The van der Waals surface area contributed by atoms with E-state index >= 15 is 0 Å². The Balaban J connectivity index is 2.21. The Hall–Kier alpha value is -1.31. The van der Waals surface area contributed by atoms with E-state index in [0.29, 0.717) is 29.5 Å². The first-order valence-electron chi connectivity index (χ1n) is 4.55. The van der Waals surface area contributed by atoms with E-state index in [4.69, 9.17) is 16.9 Å². The predicted molar refractivity (Wildman–Crippen MR) is 56.8 cm³/mol. The summed E-state index contributed by atoms with van der Waals surface area (Å²) < 4.78 is 0. The zero-order valence-corrected chi connectivity index (χ0v) is 8.99. The Morgan fingerprint density at radius 1 is 1.67 bits per heavy atom. The van der Waals surface area contributed by atoms with Crippen LogP contribution in [0.25, 0.3) is 0 Å². The molecule has 1 fully saturated rings. The van der Waals surface area contributed by atoms with Crippen LogP contribution >= 0.6 is 11.6 Å². The van der Waals surface area contributed by atoms with Crippen LogP contribution in [0.5, 0.6) is 0 Å². The lowest BCUT2D eigenvalue weighted by atomic mass is 9.97. The van der Waals surface area contributed by atoms with Crippen LogP contribution in [0.3, 0.4) is 0 Å². The molecule has 1 N–H and O–H groups in total. The number of rotatable bonds is 1. The van der Waals surface area contributed by atoms with E-state index in [9.17, 15) is 5.11 Å². The number of aromatic nitrogens is 1. The number of nitrogens with zero attached hydrogens (tertiary/aromatic N) is 3. The van der Waals surface area contributed by atoms with Gasteiger partial charge in [0.05, 0.1) is 16.2 Å². The van der Waals surface area contributed by atoms with Crippen molar-refractivity contribution in [2.75, 3.05) is 18.0 Å². The van der Waals surface area contributed by atoms with Crippen LogP contribution in [0.1, 0.15) is 12.5 Å².